The van der Waals surface area contributed by atoms with Crippen molar-refractivity contribution in [1.82, 2.24) is 9.88 Å². The average Bonchev–Trinajstić information content (AvgIpc) is 3.22. The van der Waals surface area contributed by atoms with Gasteiger partial charge in [-0.25, -0.2) is 13.4 Å². The Morgan fingerprint density at radius 1 is 1.09 bits per heavy atom. The topological polar surface area (TPSA) is 79.8 Å². The number of aromatic nitrogens is 1. The van der Waals surface area contributed by atoms with E-state index in [1.54, 1.807) is 31.1 Å². The third kappa shape index (κ3) is 5.11. The summed E-state index contributed by atoms with van der Waals surface area (Å²) in [7, 11) is 2.27. The van der Waals surface area contributed by atoms with E-state index < -0.39 is 9.84 Å². The second kappa shape index (κ2) is 9.97. The van der Waals surface area contributed by atoms with Crippen molar-refractivity contribution < 1.29 is 17.9 Å². The van der Waals surface area contributed by atoms with Crippen LogP contribution in [0, 0.1) is 6.92 Å². The van der Waals surface area contributed by atoms with Gasteiger partial charge in [0.05, 0.1) is 22.5 Å². The number of hydrogen-bond donors (Lipinski definition) is 0. The molecule has 0 fully saturated rings. The third-order valence-corrected chi connectivity index (χ3v) is 8.18. The SMILES string of the molecule is CCS(=O)(=O)c1ccc(C(=O)N(CCCN(C)C)c2nc3c(OC)ccc(C)c3s2)cc1. The van der Waals surface area contributed by atoms with Gasteiger partial charge in [-0.15, -0.1) is 0 Å². The maximum Gasteiger partial charge on any atom is 0.260 e. The molecule has 0 radical (unpaired) electrons. The Hall–Kier alpha value is -2.49. The standard InChI is InChI=1S/C23H29N3O4S2/c1-6-32(28,29)18-11-9-17(10-12-18)22(27)26(15-7-14-25(3)4)23-24-20-19(30-5)13-8-16(2)21(20)31-23/h8-13H,6-7,14-15H2,1-5H3. The zero-order chi connectivity index (χ0) is 23.5. The Kier molecular flexibility index (Phi) is 7.53. The fourth-order valence-electron chi connectivity index (χ4n) is 3.34. The molecule has 0 saturated carbocycles. The van der Waals surface area contributed by atoms with Gasteiger partial charge in [-0.3, -0.25) is 9.69 Å². The molecule has 0 saturated heterocycles. The minimum Gasteiger partial charge on any atom is -0.494 e. The maximum absolute atomic E-state index is 13.5. The maximum atomic E-state index is 13.5. The van der Waals surface area contributed by atoms with Crippen LogP contribution in [0.2, 0.25) is 0 Å². The second-order valence-corrected chi connectivity index (χ2v) is 11.1. The Balaban J connectivity index is 2.00. The molecule has 1 amide bonds. The second-order valence-electron chi connectivity index (χ2n) is 7.80. The molecule has 0 aliphatic rings. The summed E-state index contributed by atoms with van der Waals surface area (Å²) in [5, 5.41) is 0.599. The number of amides is 1. The lowest BCUT2D eigenvalue weighted by Gasteiger charge is -2.21. The number of methoxy groups -OCH3 is 1. The van der Waals surface area contributed by atoms with Crippen molar-refractivity contribution in [2.75, 3.05) is 44.9 Å². The Bertz CT molecular complexity index is 1200. The molecule has 0 bridgehead atoms. The third-order valence-electron chi connectivity index (χ3n) is 5.22. The van der Waals surface area contributed by atoms with Crippen LogP contribution >= 0.6 is 11.3 Å². The lowest BCUT2D eigenvalue weighted by atomic mass is 10.2. The summed E-state index contributed by atoms with van der Waals surface area (Å²) >= 11 is 1.46. The van der Waals surface area contributed by atoms with E-state index >= 15 is 0 Å². The number of benzene rings is 2. The Morgan fingerprint density at radius 3 is 2.38 bits per heavy atom. The predicted molar refractivity (Wildman–Crippen MR) is 130 cm³/mol. The quantitative estimate of drug-likeness (QED) is 0.465. The van der Waals surface area contributed by atoms with Crippen LogP contribution < -0.4 is 9.64 Å². The molecule has 1 heterocycles. The van der Waals surface area contributed by atoms with Crippen LogP contribution in [0.25, 0.3) is 10.2 Å². The molecule has 0 unspecified atom stereocenters. The zero-order valence-corrected chi connectivity index (χ0v) is 20.7. The van der Waals surface area contributed by atoms with Crippen molar-refractivity contribution in [3.63, 3.8) is 0 Å². The molecule has 7 nitrogen and oxygen atoms in total. The lowest BCUT2D eigenvalue weighted by Crippen LogP contribution is -2.33. The van der Waals surface area contributed by atoms with Crippen LogP contribution in [0.4, 0.5) is 5.13 Å². The van der Waals surface area contributed by atoms with Crippen molar-refractivity contribution in [2.45, 2.75) is 25.2 Å². The number of ether oxygens (including phenoxy) is 1. The van der Waals surface area contributed by atoms with Crippen LogP contribution in [0.5, 0.6) is 5.75 Å². The van der Waals surface area contributed by atoms with E-state index in [0.29, 0.717) is 23.0 Å². The van der Waals surface area contributed by atoms with Crippen LogP contribution in [-0.2, 0) is 9.84 Å². The molecule has 3 aromatic rings. The van der Waals surface area contributed by atoms with E-state index in [2.05, 4.69) is 4.90 Å². The van der Waals surface area contributed by atoms with Crippen molar-refractivity contribution in [1.29, 1.82) is 0 Å². The summed E-state index contributed by atoms with van der Waals surface area (Å²) in [4.78, 5) is 22.2. The van der Waals surface area contributed by atoms with E-state index in [9.17, 15) is 13.2 Å². The average molecular weight is 476 g/mol. The van der Waals surface area contributed by atoms with Gasteiger partial charge >= 0.3 is 0 Å². The Labute approximate surface area is 193 Å². The molecule has 32 heavy (non-hydrogen) atoms. The highest BCUT2D eigenvalue weighted by Gasteiger charge is 2.23. The van der Waals surface area contributed by atoms with Crippen molar-refractivity contribution in [3.8, 4) is 5.75 Å². The molecule has 172 valence electrons. The number of sulfone groups is 1. The first-order valence-electron chi connectivity index (χ1n) is 10.4. The normalized spacial score (nSPS) is 11.8. The first-order valence-corrected chi connectivity index (χ1v) is 12.9. The molecule has 2 aromatic carbocycles. The number of hydrogen-bond acceptors (Lipinski definition) is 7. The summed E-state index contributed by atoms with van der Waals surface area (Å²) in [6.07, 6.45) is 0.771. The highest BCUT2D eigenvalue weighted by molar-refractivity contribution is 7.91. The van der Waals surface area contributed by atoms with Gasteiger partial charge in [0.15, 0.2) is 15.0 Å². The zero-order valence-electron chi connectivity index (χ0n) is 19.1. The van der Waals surface area contributed by atoms with Crippen molar-refractivity contribution in [3.05, 3.63) is 47.5 Å². The number of carbonyl (C=O) groups is 1. The lowest BCUT2D eigenvalue weighted by molar-refractivity contribution is 0.0986. The summed E-state index contributed by atoms with van der Waals surface area (Å²) in [5.41, 5.74) is 2.23. The summed E-state index contributed by atoms with van der Waals surface area (Å²) in [6.45, 7) is 4.93. The highest BCUT2D eigenvalue weighted by Crippen LogP contribution is 2.37. The van der Waals surface area contributed by atoms with Crippen LogP contribution in [0.15, 0.2) is 41.3 Å². The molecular formula is C23H29N3O4S2. The Morgan fingerprint density at radius 2 is 1.78 bits per heavy atom. The van der Waals surface area contributed by atoms with E-state index in [1.165, 1.54) is 23.5 Å². The fraction of sp³-hybridized carbons (Fsp3) is 0.391. The van der Waals surface area contributed by atoms with E-state index in [4.69, 9.17) is 9.72 Å². The van der Waals surface area contributed by atoms with E-state index in [-0.39, 0.29) is 16.6 Å². The van der Waals surface area contributed by atoms with Crippen molar-refractivity contribution >= 4 is 42.4 Å². The number of aryl methyl sites for hydroxylation is 1. The monoisotopic (exact) mass is 475 g/mol. The molecular weight excluding hydrogens is 446 g/mol. The fourth-order valence-corrected chi connectivity index (χ4v) is 5.29. The van der Waals surface area contributed by atoms with Crippen LogP contribution in [-0.4, -0.2) is 64.3 Å². The van der Waals surface area contributed by atoms with Gasteiger partial charge in [0.2, 0.25) is 0 Å². The number of anilines is 1. The number of nitrogens with zero attached hydrogens (tertiary/aromatic N) is 3. The van der Waals surface area contributed by atoms with Gasteiger partial charge in [0.25, 0.3) is 5.91 Å². The molecule has 1 aromatic heterocycles. The molecule has 0 spiro atoms. The summed E-state index contributed by atoms with van der Waals surface area (Å²) < 4.78 is 30.7. The van der Waals surface area contributed by atoms with Crippen LogP contribution in [0.3, 0.4) is 0 Å². The molecule has 9 heteroatoms. The summed E-state index contributed by atoms with van der Waals surface area (Å²) in [6, 6.07) is 10.00. The first kappa shape index (κ1) is 24.2. The number of rotatable bonds is 9. The first-order chi connectivity index (χ1) is 15.2. The molecule has 3 rings (SSSR count). The minimum atomic E-state index is -3.32. The van der Waals surface area contributed by atoms with Crippen LogP contribution in [0.1, 0.15) is 29.3 Å². The number of thiazole rings is 1. The molecule has 0 N–H and O–H groups in total. The van der Waals surface area contributed by atoms with E-state index in [0.717, 1.165) is 28.7 Å². The van der Waals surface area contributed by atoms with E-state index in [1.807, 2.05) is 33.2 Å². The van der Waals surface area contributed by atoms with Gasteiger partial charge in [0.1, 0.15) is 11.3 Å². The van der Waals surface area contributed by atoms with Gasteiger partial charge in [-0.2, -0.15) is 0 Å². The largest absolute Gasteiger partial charge is 0.494 e. The van der Waals surface area contributed by atoms with Gasteiger partial charge in [-0.1, -0.05) is 24.3 Å². The smallest absolute Gasteiger partial charge is 0.260 e. The summed E-state index contributed by atoms with van der Waals surface area (Å²) in [5.74, 6) is 0.479. The minimum absolute atomic E-state index is 0.0177. The highest BCUT2D eigenvalue weighted by atomic mass is 32.2. The number of fused-ring (bicyclic) bond motifs is 1. The van der Waals surface area contributed by atoms with Crippen molar-refractivity contribution in [2.24, 2.45) is 0 Å². The van der Waals surface area contributed by atoms with Gasteiger partial charge in [0, 0.05) is 12.1 Å². The van der Waals surface area contributed by atoms with Gasteiger partial charge in [-0.05, 0) is 69.9 Å². The predicted octanol–water partition coefficient (Wildman–Crippen LogP) is 4.01. The molecule has 0 aliphatic heterocycles. The molecule has 0 aliphatic carbocycles. The molecule has 0 atom stereocenters. The number of carbonyl (C=O) groups excluding carboxylic acids is 1. The van der Waals surface area contributed by atoms with Gasteiger partial charge < -0.3 is 9.64 Å².